The summed E-state index contributed by atoms with van der Waals surface area (Å²) < 4.78 is 5.25. The molecular weight excluding hydrogens is 294 g/mol. The molecule has 22 heavy (non-hydrogen) atoms. The summed E-state index contributed by atoms with van der Waals surface area (Å²) in [6.45, 7) is 4.19. The van der Waals surface area contributed by atoms with E-state index in [4.69, 9.17) is 14.7 Å². The lowest BCUT2D eigenvalue weighted by Gasteiger charge is -2.28. The Bertz CT molecular complexity index is 574. The molecule has 4 nitrogen and oxygen atoms in total. The number of benzene rings is 1. The minimum atomic E-state index is -0.226. The molecule has 2 heterocycles. The SMILES string of the molecule is CCCSC1=NC2(CCNCC2)N=C1c1ccc(OC)cc1. The first-order chi connectivity index (χ1) is 10.8. The van der Waals surface area contributed by atoms with Crippen molar-refractivity contribution in [1.29, 1.82) is 0 Å². The van der Waals surface area contributed by atoms with E-state index in [2.05, 4.69) is 24.4 Å². The average molecular weight is 317 g/mol. The minimum Gasteiger partial charge on any atom is -0.497 e. The first-order valence-corrected chi connectivity index (χ1v) is 8.93. The van der Waals surface area contributed by atoms with Crippen LogP contribution in [-0.2, 0) is 0 Å². The van der Waals surface area contributed by atoms with E-state index in [0.29, 0.717) is 0 Å². The Morgan fingerprint density at radius 3 is 2.55 bits per heavy atom. The maximum Gasteiger partial charge on any atom is 0.154 e. The summed E-state index contributed by atoms with van der Waals surface area (Å²) in [4.78, 5) is 10.1. The molecule has 0 bridgehead atoms. The van der Waals surface area contributed by atoms with Crippen LogP contribution in [0.5, 0.6) is 5.75 Å². The predicted molar refractivity (Wildman–Crippen MR) is 94.5 cm³/mol. The van der Waals surface area contributed by atoms with Crippen molar-refractivity contribution in [1.82, 2.24) is 5.32 Å². The highest BCUT2D eigenvalue weighted by Crippen LogP contribution is 2.34. The van der Waals surface area contributed by atoms with Gasteiger partial charge in [-0.3, -0.25) is 4.99 Å². The number of rotatable bonds is 4. The number of nitrogens with zero attached hydrogens (tertiary/aromatic N) is 2. The van der Waals surface area contributed by atoms with Crippen molar-refractivity contribution >= 4 is 22.5 Å². The topological polar surface area (TPSA) is 46.0 Å². The number of aliphatic imine (C=N–C) groups is 2. The summed E-state index contributed by atoms with van der Waals surface area (Å²) in [7, 11) is 1.69. The molecule has 2 aliphatic heterocycles. The fourth-order valence-corrected chi connectivity index (χ4v) is 3.74. The molecular formula is C17H23N3OS. The molecule has 0 radical (unpaired) electrons. The number of nitrogens with one attached hydrogen (secondary N) is 1. The van der Waals surface area contributed by atoms with Crippen LogP contribution in [0.25, 0.3) is 0 Å². The van der Waals surface area contributed by atoms with Crippen molar-refractivity contribution in [2.45, 2.75) is 31.8 Å². The average Bonchev–Trinajstić information content (AvgIpc) is 2.91. The van der Waals surface area contributed by atoms with Gasteiger partial charge in [0.05, 0.1) is 12.8 Å². The number of piperidine rings is 1. The van der Waals surface area contributed by atoms with Crippen molar-refractivity contribution in [2.75, 3.05) is 26.0 Å². The molecule has 118 valence electrons. The standard InChI is InChI=1S/C17H23N3OS/c1-3-12-22-16-15(13-4-6-14(21-2)7-5-13)19-17(20-16)8-10-18-11-9-17/h4-7,18H,3,8-12H2,1-2H3. The van der Waals surface area contributed by atoms with E-state index in [1.54, 1.807) is 7.11 Å². The Morgan fingerprint density at radius 1 is 1.18 bits per heavy atom. The van der Waals surface area contributed by atoms with Crippen LogP contribution < -0.4 is 10.1 Å². The molecule has 1 spiro atoms. The number of ether oxygens (including phenoxy) is 1. The molecule has 0 saturated carbocycles. The molecule has 3 rings (SSSR count). The third kappa shape index (κ3) is 3.20. The van der Waals surface area contributed by atoms with E-state index < -0.39 is 0 Å². The predicted octanol–water partition coefficient (Wildman–Crippen LogP) is 3.12. The van der Waals surface area contributed by atoms with Crippen LogP contribution in [0, 0.1) is 0 Å². The summed E-state index contributed by atoms with van der Waals surface area (Å²) in [5.74, 6) is 1.96. The van der Waals surface area contributed by atoms with Crippen LogP contribution in [0.4, 0.5) is 0 Å². The van der Waals surface area contributed by atoms with Gasteiger partial charge in [-0.1, -0.05) is 6.92 Å². The smallest absolute Gasteiger partial charge is 0.154 e. The Morgan fingerprint density at radius 2 is 1.91 bits per heavy atom. The molecule has 0 unspecified atom stereocenters. The van der Waals surface area contributed by atoms with Crippen LogP contribution in [0.2, 0.25) is 0 Å². The summed E-state index contributed by atoms with van der Waals surface area (Å²) in [6, 6.07) is 8.15. The Balaban J connectivity index is 1.91. The lowest BCUT2D eigenvalue weighted by Crippen LogP contribution is -2.38. The van der Waals surface area contributed by atoms with Gasteiger partial charge in [-0.25, -0.2) is 4.99 Å². The zero-order chi connectivity index (χ0) is 15.4. The largest absolute Gasteiger partial charge is 0.497 e. The maximum absolute atomic E-state index is 5.25. The van der Waals surface area contributed by atoms with Crippen LogP contribution in [0.1, 0.15) is 31.7 Å². The second-order valence-corrected chi connectivity index (χ2v) is 6.77. The molecule has 1 fully saturated rings. The van der Waals surface area contributed by atoms with Gasteiger partial charge in [0, 0.05) is 18.4 Å². The van der Waals surface area contributed by atoms with Crippen LogP contribution in [-0.4, -0.2) is 42.4 Å². The molecule has 2 aliphatic rings. The summed E-state index contributed by atoms with van der Waals surface area (Å²) in [6.07, 6.45) is 3.12. The normalized spacial score (nSPS) is 19.9. The third-order valence-electron chi connectivity index (χ3n) is 4.04. The number of methoxy groups -OCH3 is 1. The van der Waals surface area contributed by atoms with E-state index in [0.717, 1.165) is 60.2 Å². The highest BCUT2D eigenvalue weighted by molar-refractivity contribution is 8.15. The van der Waals surface area contributed by atoms with Crippen molar-refractivity contribution in [3.63, 3.8) is 0 Å². The lowest BCUT2D eigenvalue weighted by molar-refractivity contribution is 0.332. The van der Waals surface area contributed by atoms with Gasteiger partial charge in [-0.05, 0) is 49.5 Å². The molecule has 0 atom stereocenters. The van der Waals surface area contributed by atoms with Crippen molar-refractivity contribution in [3.05, 3.63) is 29.8 Å². The van der Waals surface area contributed by atoms with Crippen LogP contribution in [0.15, 0.2) is 34.3 Å². The van der Waals surface area contributed by atoms with Gasteiger partial charge in [0.15, 0.2) is 5.66 Å². The molecule has 1 saturated heterocycles. The number of thioether (sulfide) groups is 1. The molecule has 0 amide bonds. The van der Waals surface area contributed by atoms with Crippen molar-refractivity contribution in [2.24, 2.45) is 9.98 Å². The maximum atomic E-state index is 5.25. The fraction of sp³-hybridized carbons (Fsp3) is 0.529. The van der Waals surface area contributed by atoms with Gasteiger partial charge in [0.1, 0.15) is 10.8 Å². The van der Waals surface area contributed by atoms with Gasteiger partial charge in [0.2, 0.25) is 0 Å². The molecule has 0 aromatic heterocycles. The van der Waals surface area contributed by atoms with Gasteiger partial charge >= 0.3 is 0 Å². The van der Waals surface area contributed by atoms with E-state index in [1.165, 1.54) is 0 Å². The lowest BCUT2D eigenvalue weighted by atomic mass is 10.0. The fourth-order valence-electron chi connectivity index (χ4n) is 2.81. The second kappa shape index (κ2) is 6.84. The van der Waals surface area contributed by atoms with E-state index in [9.17, 15) is 0 Å². The van der Waals surface area contributed by atoms with E-state index >= 15 is 0 Å². The summed E-state index contributed by atoms with van der Waals surface area (Å²) in [5.41, 5.74) is 1.97. The van der Waals surface area contributed by atoms with Crippen molar-refractivity contribution < 1.29 is 4.74 Å². The molecule has 0 aliphatic carbocycles. The molecule has 1 N–H and O–H groups in total. The van der Waals surface area contributed by atoms with Gasteiger partial charge < -0.3 is 10.1 Å². The van der Waals surface area contributed by atoms with E-state index in [-0.39, 0.29) is 5.66 Å². The summed E-state index contributed by atoms with van der Waals surface area (Å²) >= 11 is 1.83. The Kier molecular flexibility index (Phi) is 4.84. The van der Waals surface area contributed by atoms with Gasteiger partial charge in [0.25, 0.3) is 0 Å². The first-order valence-electron chi connectivity index (χ1n) is 7.94. The minimum absolute atomic E-state index is 0.226. The third-order valence-corrected chi connectivity index (χ3v) is 5.21. The first kappa shape index (κ1) is 15.6. The Labute approximate surface area is 136 Å². The number of hydrogen-bond donors (Lipinski definition) is 1. The zero-order valence-corrected chi connectivity index (χ0v) is 14.1. The molecule has 5 heteroatoms. The van der Waals surface area contributed by atoms with Crippen molar-refractivity contribution in [3.8, 4) is 5.75 Å². The highest BCUT2D eigenvalue weighted by Gasteiger charge is 2.37. The quantitative estimate of drug-likeness (QED) is 0.928. The van der Waals surface area contributed by atoms with Crippen LogP contribution >= 0.6 is 11.8 Å². The second-order valence-electron chi connectivity index (χ2n) is 5.69. The Hall–Kier alpha value is -1.33. The zero-order valence-electron chi connectivity index (χ0n) is 13.3. The molecule has 1 aromatic rings. The van der Waals surface area contributed by atoms with Crippen LogP contribution in [0.3, 0.4) is 0 Å². The van der Waals surface area contributed by atoms with Gasteiger partial charge in [-0.15, -0.1) is 11.8 Å². The van der Waals surface area contributed by atoms with Gasteiger partial charge in [-0.2, -0.15) is 0 Å². The summed E-state index contributed by atoms with van der Waals surface area (Å²) in [5, 5.41) is 4.51. The monoisotopic (exact) mass is 317 g/mol. The highest BCUT2D eigenvalue weighted by atomic mass is 32.2. The number of hydrogen-bond acceptors (Lipinski definition) is 5. The van der Waals surface area contributed by atoms with E-state index in [1.807, 2.05) is 23.9 Å². The molecule has 1 aromatic carbocycles.